The Kier molecular flexibility index (Phi) is 4.75. The number of carbonyl (C=O) groups excluding carboxylic acids is 1. The van der Waals surface area contributed by atoms with E-state index in [2.05, 4.69) is 22.5 Å². The second kappa shape index (κ2) is 7.35. The SMILES string of the molecule is CCc1ccc([C@@H]2NC(=O)c3sc4nc(C(F)(F)F)cc(-c5cccs5)c4c3N2)cc1. The maximum Gasteiger partial charge on any atom is 0.433 e. The van der Waals surface area contributed by atoms with Gasteiger partial charge in [0.1, 0.15) is 21.6 Å². The molecule has 3 aromatic heterocycles. The summed E-state index contributed by atoms with van der Waals surface area (Å²) < 4.78 is 40.5. The third kappa shape index (κ3) is 3.47. The van der Waals surface area contributed by atoms with Crippen LogP contribution in [0.2, 0.25) is 0 Å². The smallest absolute Gasteiger partial charge is 0.360 e. The minimum absolute atomic E-state index is 0.188. The van der Waals surface area contributed by atoms with E-state index < -0.39 is 18.0 Å². The van der Waals surface area contributed by atoms with Crippen molar-refractivity contribution in [3.05, 3.63) is 69.5 Å². The zero-order valence-corrected chi connectivity index (χ0v) is 17.8. The molecule has 4 aromatic rings. The number of aromatic nitrogens is 1. The van der Waals surface area contributed by atoms with Gasteiger partial charge in [-0.1, -0.05) is 37.3 Å². The van der Waals surface area contributed by atoms with Gasteiger partial charge in [0, 0.05) is 15.8 Å². The normalized spacial score (nSPS) is 16.1. The second-order valence-corrected chi connectivity index (χ2v) is 9.11. The maximum absolute atomic E-state index is 13.5. The number of amides is 1. The molecular weight excluding hydrogens is 443 g/mol. The summed E-state index contributed by atoms with van der Waals surface area (Å²) in [6.07, 6.45) is -4.16. The molecule has 0 saturated heterocycles. The zero-order valence-electron chi connectivity index (χ0n) is 16.2. The Morgan fingerprint density at radius 1 is 1.13 bits per heavy atom. The Morgan fingerprint density at radius 2 is 1.90 bits per heavy atom. The molecule has 0 bridgehead atoms. The van der Waals surface area contributed by atoms with Crippen molar-refractivity contribution < 1.29 is 18.0 Å². The number of thiophene rings is 2. The second-order valence-electron chi connectivity index (χ2n) is 7.16. The monoisotopic (exact) mass is 459 g/mol. The van der Waals surface area contributed by atoms with E-state index in [4.69, 9.17) is 0 Å². The first-order chi connectivity index (χ1) is 14.8. The van der Waals surface area contributed by atoms with E-state index in [0.717, 1.165) is 29.4 Å². The quantitative estimate of drug-likeness (QED) is 0.370. The summed E-state index contributed by atoms with van der Waals surface area (Å²) in [5.41, 5.74) is 2.03. The minimum Gasteiger partial charge on any atom is -0.360 e. The first-order valence-corrected chi connectivity index (χ1v) is 11.3. The molecule has 0 saturated carbocycles. The zero-order chi connectivity index (χ0) is 21.8. The Morgan fingerprint density at radius 3 is 2.55 bits per heavy atom. The largest absolute Gasteiger partial charge is 0.433 e. The van der Waals surface area contributed by atoms with Crippen LogP contribution in [0.1, 0.15) is 39.6 Å². The first kappa shape index (κ1) is 20.0. The standard InChI is InChI=1S/C22H16F3N3OS2/c1-2-11-5-7-12(8-6-11)19-27-17-16-13(14-4-3-9-30-14)10-15(22(23,24)25)26-21(16)31-18(17)20(29)28-19/h3-10,19,27H,2H2,1H3,(H,28,29)/t19-/m0/s1. The van der Waals surface area contributed by atoms with Crippen LogP contribution in [0.25, 0.3) is 20.7 Å². The predicted octanol–water partition coefficient (Wildman–Crippen LogP) is 6.46. The average Bonchev–Trinajstić information content (AvgIpc) is 3.41. The molecule has 1 aliphatic rings. The van der Waals surface area contributed by atoms with Crippen molar-refractivity contribution in [2.45, 2.75) is 25.7 Å². The average molecular weight is 460 g/mol. The lowest BCUT2D eigenvalue weighted by Crippen LogP contribution is -2.37. The summed E-state index contributed by atoms with van der Waals surface area (Å²) in [6, 6.07) is 12.5. The topological polar surface area (TPSA) is 54.0 Å². The van der Waals surface area contributed by atoms with Crippen LogP contribution >= 0.6 is 22.7 Å². The molecule has 4 nitrogen and oxygen atoms in total. The minimum atomic E-state index is -4.58. The molecule has 1 amide bonds. The van der Waals surface area contributed by atoms with Gasteiger partial charge in [0.15, 0.2) is 0 Å². The lowest BCUT2D eigenvalue weighted by atomic mass is 10.0. The summed E-state index contributed by atoms with van der Waals surface area (Å²) in [5, 5.41) is 8.58. The highest BCUT2D eigenvalue weighted by Gasteiger charge is 2.36. The number of anilines is 1. The van der Waals surface area contributed by atoms with Crippen molar-refractivity contribution in [3.63, 3.8) is 0 Å². The number of benzene rings is 1. The van der Waals surface area contributed by atoms with E-state index in [1.54, 1.807) is 12.1 Å². The number of aryl methyl sites for hydroxylation is 1. The van der Waals surface area contributed by atoms with Crippen LogP contribution < -0.4 is 10.6 Å². The molecule has 1 aromatic carbocycles. The van der Waals surface area contributed by atoms with Gasteiger partial charge < -0.3 is 10.6 Å². The summed E-state index contributed by atoms with van der Waals surface area (Å²) in [4.78, 5) is 17.9. The lowest BCUT2D eigenvalue weighted by Gasteiger charge is -2.27. The highest BCUT2D eigenvalue weighted by atomic mass is 32.1. The van der Waals surface area contributed by atoms with Gasteiger partial charge in [-0.05, 0) is 35.1 Å². The summed E-state index contributed by atoms with van der Waals surface area (Å²) >= 11 is 2.32. The number of pyridine rings is 1. The van der Waals surface area contributed by atoms with Crippen molar-refractivity contribution in [2.24, 2.45) is 0 Å². The molecular formula is C22H16F3N3OS2. The van der Waals surface area contributed by atoms with Gasteiger partial charge in [-0.15, -0.1) is 22.7 Å². The van der Waals surface area contributed by atoms with E-state index >= 15 is 0 Å². The summed E-state index contributed by atoms with van der Waals surface area (Å²) in [7, 11) is 0. The van der Waals surface area contributed by atoms with Gasteiger partial charge in [-0.25, -0.2) is 4.98 Å². The van der Waals surface area contributed by atoms with Crippen molar-refractivity contribution in [3.8, 4) is 10.4 Å². The number of nitrogens with one attached hydrogen (secondary N) is 2. The van der Waals surface area contributed by atoms with Crippen molar-refractivity contribution >= 4 is 44.5 Å². The van der Waals surface area contributed by atoms with E-state index in [1.807, 2.05) is 29.6 Å². The van der Waals surface area contributed by atoms with Crippen LogP contribution in [0, 0.1) is 0 Å². The molecule has 31 heavy (non-hydrogen) atoms. The van der Waals surface area contributed by atoms with Crippen LogP contribution in [0.4, 0.5) is 18.9 Å². The van der Waals surface area contributed by atoms with E-state index in [-0.39, 0.29) is 10.7 Å². The fourth-order valence-electron chi connectivity index (χ4n) is 3.66. The Balaban J connectivity index is 1.68. The molecule has 1 aliphatic heterocycles. The molecule has 4 heterocycles. The van der Waals surface area contributed by atoms with Gasteiger partial charge in [-0.3, -0.25) is 4.79 Å². The van der Waals surface area contributed by atoms with Crippen molar-refractivity contribution in [1.82, 2.24) is 10.3 Å². The number of alkyl halides is 3. The fourth-order valence-corrected chi connectivity index (χ4v) is 5.47. The number of carbonyl (C=O) groups is 1. The highest BCUT2D eigenvalue weighted by molar-refractivity contribution is 7.21. The highest BCUT2D eigenvalue weighted by Crippen LogP contribution is 2.46. The van der Waals surface area contributed by atoms with Crippen LogP contribution in [0.15, 0.2) is 47.8 Å². The predicted molar refractivity (Wildman–Crippen MR) is 118 cm³/mol. The molecule has 0 radical (unpaired) electrons. The van der Waals surface area contributed by atoms with Gasteiger partial charge >= 0.3 is 6.18 Å². The van der Waals surface area contributed by atoms with Crippen LogP contribution in [-0.4, -0.2) is 10.9 Å². The Hall–Kier alpha value is -2.91. The Bertz CT molecular complexity index is 1280. The molecule has 5 rings (SSSR count). The van der Waals surface area contributed by atoms with Gasteiger partial charge in [-0.2, -0.15) is 13.2 Å². The maximum atomic E-state index is 13.5. The van der Waals surface area contributed by atoms with Crippen LogP contribution in [0.5, 0.6) is 0 Å². The van der Waals surface area contributed by atoms with Crippen molar-refractivity contribution in [2.75, 3.05) is 5.32 Å². The molecule has 1 atom stereocenters. The summed E-state index contributed by atoms with van der Waals surface area (Å²) in [5.74, 6) is -0.327. The molecule has 9 heteroatoms. The van der Waals surface area contributed by atoms with Crippen LogP contribution in [-0.2, 0) is 12.6 Å². The number of hydrogen-bond donors (Lipinski definition) is 2. The number of fused-ring (bicyclic) bond motifs is 3. The van der Waals surface area contributed by atoms with E-state index in [1.165, 1.54) is 16.9 Å². The van der Waals surface area contributed by atoms with Gasteiger partial charge in [0.2, 0.25) is 0 Å². The molecule has 0 unspecified atom stereocenters. The third-order valence-electron chi connectivity index (χ3n) is 5.23. The molecule has 0 aliphatic carbocycles. The summed E-state index contributed by atoms with van der Waals surface area (Å²) in [6.45, 7) is 2.06. The molecule has 158 valence electrons. The fraction of sp³-hybridized carbons (Fsp3) is 0.182. The van der Waals surface area contributed by atoms with Crippen molar-refractivity contribution in [1.29, 1.82) is 0 Å². The molecule has 2 N–H and O–H groups in total. The number of rotatable bonds is 3. The van der Waals surface area contributed by atoms with E-state index in [9.17, 15) is 18.0 Å². The third-order valence-corrected chi connectivity index (χ3v) is 7.22. The lowest BCUT2D eigenvalue weighted by molar-refractivity contribution is -0.140. The Labute approximate surface area is 183 Å². The number of hydrogen-bond acceptors (Lipinski definition) is 5. The van der Waals surface area contributed by atoms with E-state index in [0.29, 0.717) is 26.4 Å². The van der Waals surface area contributed by atoms with Gasteiger partial charge in [0.05, 0.1) is 5.69 Å². The van der Waals surface area contributed by atoms with Gasteiger partial charge in [0.25, 0.3) is 5.91 Å². The first-order valence-electron chi connectivity index (χ1n) is 9.60. The molecule has 0 fully saturated rings. The van der Waals surface area contributed by atoms with Crippen LogP contribution in [0.3, 0.4) is 0 Å². The number of halogens is 3. The number of nitrogens with zero attached hydrogens (tertiary/aromatic N) is 1. The molecule has 0 spiro atoms.